The third-order valence-corrected chi connectivity index (χ3v) is 10.3. The van der Waals surface area contributed by atoms with Crippen molar-refractivity contribution in [2.75, 3.05) is 40.4 Å². The van der Waals surface area contributed by atoms with Crippen LogP contribution in [-0.2, 0) is 18.3 Å². The van der Waals surface area contributed by atoms with E-state index in [-0.39, 0.29) is 24.0 Å². The van der Waals surface area contributed by atoms with Crippen molar-refractivity contribution < 1.29 is 19.4 Å². The van der Waals surface area contributed by atoms with Crippen molar-refractivity contribution in [3.63, 3.8) is 0 Å². The molecule has 1 unspecified atom stereocenters. The number of likely N-dealkylation sites (tertiary alicyclic amines) is 2. The molecule has 7 rings (SSSR count). The Labute approximate surface area is 212 Å². The maximum absolute atomic E-state index is 13.7. The second-order valence-corrected chi connectivity index (χ2v) is 11.7. The van der Waals surface area contributed by atoms with E-state index in [0.717, 1.165) is 86.6 Å². The van der Waals surface area contributed by atoms with Crippen LogP contribution in [0.25, 0.3) is 0 Å². The Kier molecular flexibility index (Phi) is 5.03. The molecular formula is C29H37N3O4. The number of benzene rings is 1. The number of hydrogen-bond donors (Lipinski definition) is 2. The quantitative estimate of drug-likeness (QED) is 0.686. The summed E-state index contributed by atoms with van der Waals surface area (Å²) in [5, 5.41) is 9.29. The van der Waals surface area contributed by atoms with Gasteiger partial charge in [0.2, 0.25) is 0 Å². The number of aliphatic hydroxyl groups excluding tert-OH is 1. The first-order chi connectivity index (χ1) is 17.5. The van der Waals surface area contributed by atoms with Gasteiger partial charge in [0.25, 0.3) is 5.91 Å². The normalized spacial score (nSPS) is 30.6. The minimum absolute atomic E-state index is 0.0676. The summed E-state index contributed by atoms with van der Waals surface area (Å²) in [5.41, 5.74) is 6.94. The first kappa shape index (κ1) is 22.7. The number of amides is 1. The minimum Gasteiger partial charge on any atom is -0.493 e. The number of aromatic nitrogens is 1. The molecule has 36 heavy (non-hydrogen) atoms. The number of likely N-dealkylation sites (N-methyl/N-ethyl adjacent to an activating group) is 1. The third kappa shape index (κ3) is 2.84. The van der Waals surface area contributed by atoms with Crippen LogP contribution in [0.3, 0.4) is 0 Å². The molecule has 1 amide bonds. The van der Waals surface area contributed by atoms with Gasteiger partial charge in [-0.3, -0.25) is 4.79 Å². The Morgan fingerprint density at radius 3 is 2.81 bits per heavy atom. The highest BCUT2D eigenvalue weighted by Gasteiger charge is 2.65. The van der Waals surface area contributed by atoms with E-state index in [9.17, 15) is 9.90 Å². The lowest BCUT2D eigenvalue weighted by atomic mass is 9.51. The number of hydrogen-bond acceptors (Lipinski definition) is 5. The number of H-pyrrole nitrogens is 1. The molecular weight excluding hydrogens is 454 g/mol. The molecule has 3 aliphatic heterocycles. The molecule has 2 aromatic rings. The molecule has 4 heterocycles. The zero-order valence-electron chi connectivity index (χ0n) is 21.6. The van der Waals surface area contributed by atoms with E-state index in [1.54, 1.807) is 7.11 Å². The first-order valence-electron chi connectivity index (χ1n) is 13.7. The van der Waals surface area contributed by atoms with Crippen LogP contribution in [0.4, 0.5) is 0 Å². The van der Waals surface area contributed by atoms with E-state index in [1.165, 1.54) is 16.7 Å². The van der Waals surface area contributed by atoms with Crippen molar-refractivity contribution in [3.8, 4) is 11.5 Å². The number of fused-ring (bicyclic) bond motifs is 2. The highest BCUT2D eigenvalue weighted by Crippen LogP contribution is 2.67. The monoisotopic (exact) mass is 491 g/mol. The van der Waals surface area contributed by atoms with Gasteiger partial charge in [-0.25, -0.2) is 0 Å². The molecule has 0 radical (unpaired) electrons. The predicted molar refractivity (Wildman–Crippen MR) is 136 cm³/mol. The number of carbonyl (C=O) groups is 1. The molecule has 5 aliphatic rings. The van der Waals surface area contributed by atoms with Crippen LogP contribution < -0.4 is 9.47 Å². The van der Waals surface area contributed by atoms with Crippen molar-refractivity contribution >= 4 is 5.91 Å². The Morgan fingerprint density at radius 2 is 2.06 bits per heavy atom. The van der Waals surface area contributed by atoms with E-state index < -0.39 is 0 Å². The first-order valence-corrected chi connectivity index (χ1v) is 13.7. The summed E-state index contributed by atoms with van der Waals surface area (Å²) in [4.78, 5) is 21.9. The molecule has 7 heteroatoms. The van der Waals surface area contributed by atoms with Crippen LogP contribution in [0.1, 0.15) is 70.2 Å². The zero-order chi connectivity index (χ0) is 24.8. The van der Waals surface area contributed by atoms with E-state index in [1.807, 2.05) is 4.90 Å². The molecule has 1 spiro atoms. The lowest BCUT2D eigenvalue weighted by Gasteiger charge is -2.57. The molecule has 2 saturated heterocycles. The average Bonchev–Trinajstić information content (AvgIpc) is 3.41. The third-order valence-electron chi connectivity index (χ3n) is 10.3. The van der Waals surface area contributed by atoms with Gasteiger partial charge >= 0.3 is 0 Å². The highest BCUT2D eigenvalue weighted by atomic mass is 16.5. The molecule has 0 saturated carbocycles. The van der Waals surface area contributed by atoms with Gasteiger partial charge in [-0.05, 0) is 93.6 Å². The molecule has 2 N–H and O–H groups in total. The maximum Gasteiger partial charge on any atom is 0.270 e. The Bertz CT molecular complexity index is 1230. The van der Waals surface area contributed by atoms with E-state index >= 15 is 0 Å². The molecule has 1 aromatic carbocycles. The summed E-state index contributed by atoms with van der Waals surface area (Å²) in [6.07, 6.45) is 5.74. The molecule has 7 nitrogen and oxygen atoms in total. The van der Waals surface area contributed by atoms with Crippen LogP contribution in [-0.4, -0.2) is 72.2 Å². The minimum atomic E-state index is -0.108. The van der Waals surface area contributed by atoms with Gasteiger partial charge in [0.15, 0.2) is 11.5 Å². The Morgan fingerprint density at radius 1 is 1.25 bits per heavy atom. The summed E-state index contributed by atoms with van der Waals surface area (Å²) in [6.45, 7) is 4.93. The van der Waals surface area contributed by atoms with Gasteiger partial charge in [-0.15, -0.1) is 0 Å². The fraction of sp³-hybridized carbons (Fsp3) is 0.621. The summed E-state index contributed by atoms with van der Waals surface area (Å²) >= 11 is 0. The summed E-state index contributed by atoms with van der Waals surface area (Å²) in [7, 11) is 4.00. The number of methoxy groups -OCH3 is 1. The topological polar surface area (TPSA) is 78.0 Å². The average molecular weight is 492 g/mol. The highest BCUT2D eigenvalue weighted by molar-refractivity contribution is 5.94. The molecule has 4 atom stereocenters. The van der Waals surface area contributed by atoms with Crippen LogP contribution in [0, 0.1) is 18.8 Å². The van der Waals surface area contributed by atoms with Crippen molar-refractivity contribution in [1.29, 1.82) is 0 Å². The molecule has 2 aliphatic carbocycles. The SMILES string of the molecule is COc1ccc2c3c1O[C@H]1c4[nH]c(C(=O)N5CCC(CCO)CC5)c(C)c4C[C@H]4[C@@H](C2)N(C)CCC314. The number of aromatic amines is 1. The Hall–Kier alpha value is -2.51. The summed E-state index contributed by atoms with van der Waals surface area (Å²) < 4.78 is 12.6. The number of rotatable bonds is 4. The number of nitrogens with one attached hydrogen (secondary N) is 1. The summed E-state index contributed by atoms with van der Waals surface area (Å²) in [6, 6.07) is 4.79. The number of nitrogens with zero attached hydrogens (tertiary/aromatic N) is 2. The summed E-state index contributed by atoms with van der Waals surface area (Å²) in [5.74, 6) is 2.83. The maximum atomic E-state index is 13.7. The van der Waals surface area contributed by atoms with E-state index in [4.69, 9.17) is 9.47 Å². The molecule has 1 aromatic heterocycles. The fourth-order valence-corrected chi connectivity index (χ4v) is 8.42. The van der Waals surface area contributed by atoms with Gasteiger partial charge in [-0.1, -0.05) is 6.07 Å². The van der Waals surface area contributed by atoms with Gasteiger partial charge < -0.3 is 29.4 Å². The second kappa shape index (κ2) is 7.99. The standard InChI is InChI=1S/C29H37N3O4/c1-16-19-15-20-21-14-18-4-5-22(35-3)26-23(18)29(20,9-12-31(21)2)27(36-26)25(19)30-24(16)28(34)32-10-6-17(7-11-32)8-13-33/h4-5,17,20-21,27,30,33H,6-15H2,1-3H3/t20-,21+,27-,29?/m0/s1. The zero-order valence-corrected chi connectivity index (χ0v) is 21.6. The van der Waals surface area contributed by atoms with Gasteiger partial charge in [-0.2, -0.15) is 0 Å². The lowest BCUT2D eigenvalue weighted by molar-refractivity contribution is -0.0256. The van der Waals surface area contributed by atoms with Gasteiger partial charge in [0.1, 0.15) is 11.8 Å². The van der Waals surface area contributed by atoms with Crippen LogP contribution >= 0.6 is 0 Å². The van der Waals surface area contributed by atoms with Gasteiger partial charge in [0.05, 0.1) is 12.8 Å². The fourth-order valence-electron chi connectivity index (χ4n) is 8.42. The number of piperidine rings is 2. The van der Waals surface area contributed by atoms with Crippen LogP contribution in [0.2, 0.25) is 0 Å². The van der Waals surface area contributed by atoms with Crippen molar-refractivity contribution in [2.45, 2.75) is 63.0 Å². The smallest absolute Gasteiger partial charge is 0.270 e. The number of ether oxygens (including phenoxy) is 2. The lowest BCUT2D eigenvalue weighted by Crippen LogP contribution is -2.62. The van der Waals surface area contributed by atoms with Crippen molar-refractivity contribution in [2.24, 2.45) is 11.8 Å². The van der Waals surface area contributed by atoms with Crippen molar-refractivity contribution in [3.05, 3.63) is 45.8 Å². The second-order valence-electron chi connectivity index (χ2n) is 11.7. The predicted octanol–water partition coefficient (Wildman–Crippen LogP) is 3.37. The Balaban J connectivity index is 1.30. The number of carbonyl (C=O) groups excluding carboxylic acids is 1. The van der Waals surface area contributed by atoms with Crippen LogP contribution in [0.15, 0.2) is 12.1 Å². The van der Waals surface area contributed by atoms with Crippen molar-refractivity contribution in [1.82, 2.24) is 14.8 Å². The molecule has 2 fully saturated rings. The van der Waals surface area contributed by atoms with E-state index in [0.29, 0.717) is 17.9 Å². The van der Waals surface area contributed by atoms with E-state index in [2.05, 4.69) is 36.0 Å². The number of aliphatic hydroxyl groups is 1. The molecule has 192 valence electrons. The van der Waals surface area contributed by atoms with Gasteiger partial charge in [0, 0.05) is 36.7 Å². The van der Waals surface area contributed by atoms with Crippen LogP contribution in [0.5, 0.6) is 11.5 Å². The molecule has 2 bridgehead atoms. The largest absolute Gasteiger partial charge is 0.493 e.